The number of aromatic nitrogens is 3. The molecule has 3 aromatic heterocycles. The molecular weight excluding hydrogens is 378 g/mol. The largest absolute Gasteiger partial charge is 0.299 e. The summed E-state index contributed by atoms with van der Waals surface area (Å²) in [4.78, 5) is 9.22. The minimum atomic E-state index is 0.980. The maximum atomic E-state index is 4.79. The summed E-state index contributed by atoms with van der Waals surface area (Å²) in [5, 5.41) is 3.65. The zero-order valence-electron chi connectivity index (χ0n) is 16.8. The minimum absolute atomic E-state index is 0.980. The fourth-order valence-electron chi connectivity index (χ4n) is 5.86. The maximum absolute atomic E-state index is 4.79. The van der Waals surface area contributed by atoms with E-state index in [1.807, 2.05) is 18.6 Å². The van der Waals surface area contributed by atoms with Crippen molar-refractivity contribution in [1.29, 1.82) is 0 Å². The summed E-state index contributed by atoms with van der Waals surface area (Å²) in [7, 11) is 0. The SMILES string of the molecule is c1ccc2c(c1)Cc1cc3c(cc1-2)Cc1ccc2c4cnccc4n4ccnc4c2c1-3. The number of pyridine rings is 2. The molecule has 8 rings (SSSR count). The number of hydrogen-bond donors (Lipinski definition) is 0. The third-order valence-corrected chi connectivity index (χ3v) is 7.17. The van der Waals surface area contributed by atoms with Crippen molar-refractivity contribution in [1.82, 2.24) is 14.4 Å². The molecule has 3 heteroatoms. The third kappa shape index (κ3) is 1.89. The van der Waals surface area contributed by atoms with Crippen molar-refractivity contribution in [2.24, 2.45) is 0 Å². The van der Waals surface area contributed by atoms with Gasteiger partial charge in [-0.15, -0.1) is 0 Å². The predicted molar refractivity (Wildman–Crippen MR) is 124 cm³/mol. The zero-order chi connectivity index (χ0) is 20.1. The van der Waals surface area contributed by atoms with Crippen molar-refractivity contribution < 1.29 is 0 Å². The number of benzene rings is 3. The van der Waals surface area contributed by atoms with Crippen LogP contribution in [0.25, 0.3) is 49.6 Å². The van der Waals surface area contributed by atoms with Crippen LogP contribution in [0.2, 0.25) is 0 Å². The molecule has 3 nitrogen and oxygen atoms in total. The van der Waals surface area contributed by atoms with Crippen molar-refractivity contribution in [3.05, 3.63) is 102 Å². The molecule has 0 unspecified atom stereocenters. The minimum Gasteiger partial charge on any atom is -0.299 e. The Balaban J connectivity index is 1.50. The number of fused-ring (bicyclic) bond motifs is 13. The van der Waals surface area contributed by atoms with E-state index in [1.165, 1.54) is 60.7 Å². The summed E-state index contributed by atoms with van der Waals surface area (Å²) >= 11 is 0. The number of nitrogens with zero attached hydrogens (tertiary/aromatic N) is 3. The summed E-state index contributed by atoms with van der Waals surface area (Å²) in [5.74, 6) is 0. The van der Waals surface area contributed by atoms with Gasteiger partial charge in [0.25, 0.3) is 0 Å². The zero-order valence-corrected chi connectivity index (χ0v) is 16.8. The van der Waals surface area contributed by atoms with Gasteiger partial charge in [-0.3, -0.25) is 9.38 Å². The molecule has 0 aliphatic heterocycles. The summed E-state index contributed by atoms with van der Waals surface area (Å²) in [6, 6.07) is 20.4. The molecule has 3 heterocycles. The van der Waals surface area contributed by atoms with Crippen LogP contribution < -0.4 is 0 Å². The molecule has 2 aliphatic carbocycles. The molecule has 0 atom stereocenters. The van der Waals surface area contributed by atoms with Crippen LogP contribution in [-0.4, -0.2) is 14.4 Å². The smallest absolute Gasteiger partial charge is 0.145 e. The third-order valence-electron chi connectivity index (χ3n) is 7.17. The highest BCUT2D eigenvalue weighted by Gasteiger charge is 2.27. The molecule has 144 valence electrons. The van der Waals surface area contributed by atoms with Gasteiger partial charge in [-0.05, 0) is 80.9 Å². The normalized spacial score (nSPS) is 13.5. The highest BCUT2D eigenvalue weighted by atomic mass is 15.0. The van der Waals surface area contributed by atoms with E-state index in [0.29, 0.717) is 0 Å². The highest BCUT2D eigenvalue weighted by Crippen LogP contribution is 2.48. The lowest BCUT2D eigenvalue weighted by Crippen LogP contribution is -1.94. The molecule has 6 aromatic rings. The van der Waals surface area contributed by atoms with Crippen molar-refractivity contribution in [3.8, 4) is 22.3 Å². The van der Waals surface area contributed by atoms with Gasteiger partial charge in [-0.2, -0.15) is 0 Å². The van der Waals surface area contributed by atoms with E-state index in [1.54, 1.807) is 0 Å². The fourth-order valence-corrected chi connectivity index (χ4v) is 5.86. The average Bonchev–Trinajstić information content (AvgIpc) is 3.52. The van der Waals surface area contributed by atoms with Gasteiger partial charge in [-0.25, -0.2) is 4.98 Å². The number of rotatable bonds is 0. The monoisotopic (exact) mass is 395 g/mol. The van der Waals surface area contributed by atoms with Crippen molar-refractivity contribution in [2.45, 2.75) is 12.8 Å². The van der Waals surface area contributed by atoms with E-state index in [-0.39, 0.29) is 0 Å². The first-order valence-corrected chi connectivity index (χ1v) is 10.8. The Bertz CT molecular complexity index is 1740. The highest BCUT2D eigenvalue weighted by molar-refractivity contribution is 6.18. The van der Waals surface area contributed by atoms with E-state index in [0.717, 1.165) is 24.0 Å². The predicted octanol–water partition coefficient (Wildman–Crippen LogP) is 6.18. The van der Waals surface area contributed by atoms with Crippen molar-refractivity contribution >= 4 is 27.3 Å². The van der Waals surface area contributed by atoms with Crippen LogP contribution in [0.3, 0.4) is 0 Å². The lowest BCUT2D eigenvalue weighted by atomic mass is 9.94. The van der Waals surface area contributed by atoms with Crippen LogP contribution in [0.1, 0.15) is 22.3 Å². The molecule has 0 bridgehead atoms. The molecular formula is C28H17N3. The van der Waals surface area contributed by atoms with Crippen LogP contribution in [0.4, 0.5) is 0 Å². The van der Waals surface area contributed by atoms with Crippen molar-refractivity contribution in [2.75, 3.05) is 0 Å². The van der Waals surface area contributed by atoms with E-state index >= 15 is 0 Å². The molecule has 0 spiro atoms. The molecule has 0 N–H and O–H groups in total. The Labute approximate surface area is 178 Å². The Hall–Kier alpha value is -3.98. The topological polar surface area (TPSA) is 30.2 Å². The van der Waals surface area contributed by atoms with Gasteiger partial charge in [0.2, 0.25) is 0 Å². The van der Waals surface area contributed by atoms with Crippen LogP contribution in [-0.2, 0) is 12.8 Å². The van der Waals surface area contributed by atoms with E-state index in [9.17, 15) is 0 Å². The van der Waals surface area contributed by atoms with Gasteiger partial charge in [0.05, 0.1) is 5.52 Å². The second-order valence-corrected chi connectivity index (χ2v) is 8.71. The molecule has 0 amide bonds. The molecule has 0 radical (unpaired) electrons. The van der Waals surface area contributed by atoms with Gasteiger partial charge in [0.1, 0.15) is 5.65 Å². The first-order valence-electron chi connectivity index (χ1n) is 10.8. The van der Waals surface area contributed by atoms with Gasteiger partial charge in [-0.1, -0.05) is 36.4 Å². The van der Waals surface area contributed by atoms with Gasteiger partial charge >= 0.3 is 0 Å². The average molecular weight is 395 g/mol. The number of hydrogen-bond acceptors (Lipinski definition) is 2. The second-order valence-electron chi connectivity index (χ2n) is 8.71. The lowest BCUT2D eigenvalue weighted by Gasteiger charge is -2.13. The summed E-state index contributed by atoms with van der Waals surface area (Å²) < 4.78 is 2.21. The summed E-state index contributed by atoms with van der Waals surface area (Å²) in [6.45, 7) is 0. The van der Waals surface area contributed by atoms with Crippen LogP contribution >= 0.6 is 0 Å². The van der Waals surface area contributed by atoms with Crippen LogP contribution in [0.5, 0.6) is 0 Å². The standard InChI is InChI=1S/C28H17N3/c1-2-4-20-16(3-1)11-18-14-23-19(13-22(18)20)12-17-5-6-21-24-15-29-8-7-25(24)31-10-9-30-28(31)27(21)26(17)23/h1-10,13-15H,11-12H2. The Kier molecular flexibility index (Phi) is 2.74. The Morgan fingerprint density at radius 1 is 0.710 bits per heavy atom. The van der Waals surface area contributed by atoms with E-state index < -0.39 is 0 Å². The van der Waals surface area contributed by atoms with Gasteiger partial charge in [0, 0.05) is 35.6 Å². The van der Waals surface area contributed by atoms with Gasteiger partial charge < -0.3 is 0 Å². The molecule has 3 aromatic carbocycles. The molecule has 31 heavy (non-hydrogen) atoms. The molecule has 0 saturated heterocycles. The first-order chi connectivity index (χ1) is 15.4. The lowest BCUT2D eigenvalue weighted by molar-refractivity contribution is 1.24. The molecule has 0 fully saturated rings. The Morgan fingerprint density at radius 3 is 2.58 bits per heavy atom. The molecule has 2 aliphatic rings. The van der Waals surface area contributed by atoms with Crippen LogP contribution in [0, 0.1) is 0 Å². The Morgan fingerprint density at radius 2 is 1.58 bits per heavy atom. The van der Waals surface area contributed by atoms with E-state index in [4.69, 9.17) is 4.98 Å². The second kappa shape index (κ2) is 5.38. The first kappa shape index (κ1) is 15.8. The van der Waals surface area contributed by atoms with Crippen molar-refractivity contribution in [3.63, 3.8) is 0 Å². The van der Waals surface area contributed by atoms with Gasteiger partial charge in [0.15, 0.2) is 0 Å². The maximum Gasteiger partial charge on any atom is 0.145 e. The summed E-state index contributed by atoms with van der Waals surface area (Å²) in [6.07, 6.45) is 9.81. The molecule has 0 saturated carbocycles. The quantitative estimate of drug-likeness (QED) is 0.287. The summed E-state index contributed by atoms with van der Waals surface area (Å²) in [5.41, 5.74) is 13.4. The van der Waals surface area contributed by atoms with E-state index in [2.05, 4.69) is 70.2 Å². The van der Waals surface area contributed by atoms with Crippen LogP contribution in [0.15, 0.2) is 79.4 Å². The number of imidazole rings is 1. The fraction of sp³-hybridized carbons (Fsp3) is 0.0714.